The summed E-state index contributed by atoms with van der Waals surface area (Å²) in [5.41, 5.74) is 1.79. The number of halogens is 1. The van der Waals surface area contributed by atoms with E-state index in [2.05, 4.69) is 5.32 Å². The Hall–Kier alpha value is -1.42. The van der Waals surface area contributed by atoms with Crippen molar-refractivity contribution in [2.75, 3.05) is 0 Å². The van der Waals surface area contributed by atoms with Crippen LogP contribution in [0.1, 0.15) is 24.0 Å². The Kier molecular flexibility index (Phi) is 3.43. The van der Waals surface area contributed by atoms with Crippen LogP contribution in [0.15, 0.2) is 18.2 Å². The molecule has 0 radical (unpaired) electrons. The molecule has 1 aliphatic rings. The van der Waals surface area contributed by atoms with Gasteiger partial charge in [0.1, 0.15) is 11.9 Å². The molecule has 2 N–H and O–H groups in total. The molecule has 0 heterocycles. The lowest BCUT2D eigenvalue weighted by atomic mass is 10.1. The average Bonchev–Trinajstić information content (AvgIpc) is 3.05. The van der Waals surface area contributed by atoms with Gasteiger partial charge in [0.25, 0.3) is 0 Å². The van der Waals surface area contributed by atoms with Crippen molar-refractivity contribution in [2.45, 2.75) is 32.4 Å². The van der Waals surface area contributed by atoms with Crippen LogP contribution in [-0.4, -0.2) is 17.1 Å². The van der Waals surface area contributed by atoms with Crippen LogP contribution in [0.2, 0.25) is 0 Å². The Labute approximate surface area is 99.7 Å². The minimum Gasteiger partial charge on any atom is -0.480 e. The smallest absolute Gasteiger partial charge is 0.320 e. The molecule has 1 fully saturated rings. The van der Waals surface area contributed by atoms with Gasteiger partial charge in [-0.05, 0) is 48.9 Å². The molecule has 1 atom stereocenters. The van der Waals surface area contributed by atoms with Crippen molar-refractivity contribution in [1.29, 1.82) is 0 Å². The molecule has 0 aromatic heterocycles. The van der Waals surface area contributed by atoms with Gasteiger partial charge in [0.05, 0.1) is 0 Å². The van der Waals surface area contributed by atoms with Gasteiger partial charge in [0.2, 0.25) is 0 Å². The quantitative estimate of drug-likeness (QED) is 0.824. The van der Waals surface area contributed by atoms with Crippen molar-refractivity contribution < 1.29 is 14.3 Å². The summed E-state index contributed by atoms with van der Waals surface area (Å²) in [5.74, 6) is -0.802. The largest absolute Gasteiger partial charge is 0.480 e. The van der Waals surface area contributed by atoms with Gasteiger partial charge in [-0.15, -0.1) is 0 Å². The molecule has 3 nitrogen and oxygen atoms in total. The SMILES string of the molecule is Cc1cc(F)ccc1CNC(C(=O)O)C1CC1. The summed E-state index contributed by atoms with van der Waals surface area (Å²) in [6.45, 7) is 2.30. The van der Waals surface area contributed by atoms with Crippen LogP contribution >= 0.6 is 0 Å². The average molecular weight is 237 g/mol. The highest BCUT2D eigenvalue weighted by atomic mass is 19.1. The maximum atomic E-state index is 12.9. The first-order valence-electron chi connectivity index (χ1n) is 5.79. The first-order chi connectivity index (χ1) is 8.08. The molecular formula is C13H16FNO2. The summed E-state index contributed by atoms with van der Waals surface area (Å²) in [5, 5.41) is 12.1. The van der Waals surface area contributed by atoms with Crippen LogP contribution in [0.5, 0.6) is 0 Å². The fraction of sp³-hybridized carbons (Fsp3) is 0.462. The molecule has 1 aromatic carbocycles. The lowest BCUT2D eigenvalue weighted by Crippen LogP contribution is -2.38. The Balaban J connectivity index is 1.98. The number of benzene rings is 1. The van der Waals surface area contributed by atoms with E-state index in [4.69, 9.17) is 5.11 Å². The van der Waals surface area contributed by atoms with Crippen LogP contribution in [-0.2, 0) is 11.3 Å². The lowest BCUT2D eigenvalue weighted by molar-refractivity contribution is -0.140. The first-order valence-corrected chi connectivity index (χ1v) is 5.79. The summed E-state index contributed by atoms with van der Waals surface area (Å²) in [6, 6.07) is 4.09. The maximum absolute atomic E-state index is 12.9. The molecular weight excluding hydrogens is 221 g/mol. The highest BCUT2D eigenvalue weighted by Gasteiger charge is 2.35. The van der Waals surface area contributed by atoms with Crippen LogP contribution in [0.4, 0.5) is 4.39 Å². The number of aryl methyl sites for hydroxylation is 1. The third kappa shape index (κ3) is 3.03. The zero-order chi connectivity index (χ0) is 12.4. The van der Waals surface area contributed by atoms with E-state index in [1.54, 1.807) is 6.07 Å². The molecule has 0 saturated heterocycles. The van der Waals surface area contributed by atoms with Crippen molar-refractivity contribution in [3.05, 3.63) is 35.1 Å². The molecule has 92 valence electrons. The number of carbonyl (C=O) groups is 1. The van der Waals surface area contributed by atoms with Gasteiger partial charge in [-0.1, -0.05) is 6.07 Å². The van der Waals surface area contributed by atoms with Gasteiger partial charge < -0.3 is 10.4 Å². The van der Waals surface area contributed by atoms with E-state index in [1.807, 2.05) is 6.92 Å². The van der Waals surface area contributed by atoms with E-state index in [0.29, 0.717) is 6.54 Å². The zero-order valence-electron chi connectivity index (χ0n) is 9.74. The molecule has 1 aromatic rings. The Morgan fingerprint density at radius 3 is 2.82 bits per heavy atom. The molecule has 4 heteroatoms. The van der Waals surface area contributed by atoms with E-state index in [0.717, 1.165) is 24.0 Å². The number of hydrogen-bond donors (Lipinski definition) is 2. The molecule has 1 saturated carbocycles. The number of hydrogen-bond acceptors (Lipinski definition) is 2. The second-order valence-electron chi connectivity index (χ2n) is 4.61. The topological polar surface area (TPSA) is 49.3 Å². The number of aliphatic carboxylic acids is 1. The highest BCUT2D eigenvalue weighted by Crippen LogP contribution is 2.32. The van der Waals surface area contributed by atoms with E-state index in [9.17, 15) is 9.18 Å². The Bertz CT molecular complexity index is 429. The molecule has 1 unspecified atom stereocenters. The van der Waals surface area contributed by atoms with Gasteiger partial charge >= 0.3 is 5.97 Å². The lowest BCUT2D eigenvalue weighted by Gasteiger charge is -2.14. The highest BCUT2D eigenvalue weighted by molar-refractivity contribution is 5.74. The second kappa shape index (κ2) is 4.84. The van der Waals surface area contributed by atoms with Gasteiger partial charge in [-0.2, -0.15) is 0 Å². The minimum absolute atomic E-state index is 0.258. The standard InChI is InChI=1S/C13H16FNO2/c1-8-6-11(14)5-4-10(8)7-15-12(13(16)17)9-2-3-9/h4-6,9,12,15H,2-3,7H2,1H3,(H,16,17). The van der Waals surface area contributed by atoms with Crippen molar-refractivity contribution in [2.24, 2.45) is 5.92 Å². The van der Waals surface area contributed by atoms with Crippen LogP contribution in [0.25, 0.3) is 0 Å². The third-order valence-electron chi connectivity index (χ3n) is 3.18. The van der Waals surface area contributed by atoms with Gasteiger partial charge in [-0.3, -0.25) is 4.79 Å². The van der Waals surface area contributed by atoms with Crippen molar-refractivity contribution in [1.82, 2.24) is 5.32 Å². The molecule has 0 amide bonds. The number of nitrogens with one attached hydrogen (secondary N) is 1. The predicted molar refractivity (Wildman–Crippen MR) is 62.1 cm³/mol. The third-order valence-corrected chi connectivity index (χ3v) is 3.18. The minimum atomic E-state index is -0.799. The van der Waals surface area contributed by atoms with Gasteiger partial charge in [-0.25, -0.2) is 4.39 Å². The number of carboxylic acid groups (broad SMARTS) is 1. The number of rotatable bonds is 5. The Morgan fingerprint density at radius 2 is 2.29 bits per heavy atom. The van der Waals surface area contributed by atoms with Crippen LogP contribution in [0.3, 0.4) is 0 Å². The Morgan fingerprint density at radius 1 is 1.59 bits per heavy atom. The van der Waals surface area contributed by atoms with Crippen LogP contribution < -0.4 is 5.32 Å². The molecule has 17 heavy (non-hydrogen) atoms. The summed E-state index contributed by atoms with van der Waals surface area (Å²) in [6.07, 6.45) is 1.96. The fourth-order valence-electron chi connectivity index (χ4n) is 1.96. The van der Waals surface area contributed by atoms with Crippen LogP contribution in [0, 0.1) is 18.7 Å². The summed E-state index contributed by atoms with van der Waals surface area (Å²) in [7, 11) is 0. The first kappa shape index (κ1) is 12.0. The normalized spacial score (nSPS) is 16.8. The maximum Gasteiger partial charge on any atom is 0.320 e. The van der Waals surface area contributed by atoms with E-state index in [1.165, 1.54) is 12.1 Å². The van der Waals surface area contributed by atoms with Crippen molar-refractivity contribution in [3.8, 4) is 0 Å². The molecule has 0 spiro atoms. The summed E-state index contributed by atoms with van der Waals surface area (Å²) in [4.78, 5) is 11.0. The molecule has 0 bridgehead atoms. The van der Waals surface area contributed by atoms with Crippen molar-refractivity contribution in [3.63, 3.8) is 0 Å². The second-order valence-corrected chi connectivity index (χ2v) is 4.61. The zero-order valence-corrected chi connectivity index (χ0v) is 9.74. The summed E-state index contributed by atoms with van der Waals surface area (Å²) >= 11 is 0. The fourth-order valence-corrected chi connectivity index (χ4v) is 1.96. The van der Waals surface area contributed by atoms with Gasteiger partial charge in [0, 0.05) is 6.54 Å². The molecule has 1 aliphatic carbocycles. The number of carboxylic acids is 1. The van der Waals surface area contributed by atoms with E-state index in [-0.39, 0.29) is 11.7 Å². The van der Waals surface area contributed by atoms with E-state index < -0.39 is 12.0 Å². The predicted octanol–water partition coefficient (Wildman–Crippen LogP) is 2.09. The van der Waals surface area contributed by atoms with Crippen molar-refractivity contribution >= 4 is 5.97 Å². The molecule has 2 rings (SSSR count). The molecule has 0 aliphatic heterocycles. The van der Waals surface area contributed by atoms with E-state index >= 15 is 0 Å². The summed E-state index contributed by atoms with van der Waals surface area (Å²) < 4.78 is 12.9. The monoisotopic (exact) mass is 237 g/mol. The van der Waals surface area contributed by atoms with Gasteiger partial charge in [0.15, 0.2) is 0 Å².